The monoisotopic (exact) mass is 380 g/mol. The van der Waals surface area contributed by atoms with Gasteiger partial charge in [0.05, 0.1) is 28.6 Å². The molecule has 5 fully saturated rings. The molecule has 1 heterocycles. The topological polar surface area (TPSA) is 96.2 Å². The lowest BCUT2D eigenvalue weighted by Crippen LogP contribution is -2.67. The predicted molar refractivity (Wildman–Crippen MR) is 95.8 cm³/mol. The van der Waals surface area contributed by atoms with E-state index in [1.54, 1.807) is 7.11 Å². The van der Waals surface area contributed by atoms with E-state index in [0.717, 1.165) is 25.7 Å². The third kappa shape index (κ3) is 1.93. The summed E-state index contributed by atoms with van der Waals surface area (Å²) in [6.45, 7) is 2.15. The summed E-state index contributed by atoms with van der Waals surface area (Å²) in [6.07, 6.45) is 5.47. The molecule has 0 amide bonds. The van der Waals surface area contributed by atoms with Gasteiger partial charge in [0.25, 0.3) is 0 Å². The van der Waals surface area contributed by atoms with Crippen molar-refractivity contribution in [2.45, 2.75) is 88.3 Å². The minimum Gasteiger partial charge on any atom is -0.481 e. The van der Waals surface area contributed by atoms with E-state index in [1.165, 1.54) is 0 Å². The van der Waals surface area contributed by atoms with Crippen LogP contribution in [0.25, 0.3) is 0 Å². The number of aliphatic carboxylic acids is 1. The normalized spacial score (nSPS) is 59.0. The summed E-state index contributed by atoms with van der Waals surface area (Å²) in [4.78, 5) is 11.9. The molecule has 5 rings (SSSR count). The third-order valence-electron chi connectivity index (χ3n) is 9.63. The molecule has 1 spiro atoms. The Kier molecular flexibility index (Phi) is 3.71. The molecular formula is C21H32O6. The van der Waals surface area contributed by atoms with Crippen molar-refractivity contribution >= 4 is 5.97 Å². The van der Waals surface area contributed by atoms with Crippen molar-refractivity contribution in [3.8, 4) is 0 Å². The summed E-state index contributed by atoms with van der Waals surface area (Å²) in [5.74, 6) is -0.628. The number of rotatable bonds is 2. The van der Waals surface area contributed by atoms with Gasteiger partial charge in [-0.2, -0.15) is 0 Å². The van der Waals surface area contributed by atoms with Crippen LogP contribution < -0.4 is 0 Å². The molecule has 4 aliphatic carbocycles. The molecule has 1 saturated heterocycles. The van der Waals surface area contributed by atoms with Crippen LogP contribution in [0.1, 0.15) is 64.7 Å². The molecule has 0 aromatic heterocycles. The van der Waals surface area contributed by atoms with Crippen LogP contribution in [0.2, 0.25) is 0 Å². The lowest BCUT2D eigenvalue weighted by Gasteiger charge is -2.62. The van der Waals surface area contributed by atoms with Crippen molar-refractivity contribution in [2.24, 2.45) is 28.6 Å². The van der Waals surface area contributed by atoms with Gasteiger partial charge in [-0.1, -0.05) is 6.92 Å². The number of hydrogen-bond donors (Lipinski definition) is 3. The fraction of sp³-hybridized carbons (Fsp3) is 0.952. The van der Waals surface area contributed by atoms with Gasteiger partial charge in [0.1, 0.15) is 0 Å². The van der Waals surface area contributed by atoms with Crippen LogP contribution >= 0.6 is 0 Å². The molecule has 6 nitrogen and oxygen atoms in total. The molecule has 152 valence electrons. The van der Waals surface area contributed by atoms with E-state index in [0.29, 0.717) is 32.1 Å². The Hall–Kier alpha value is -0.690. The molecule has 3 N–H and O–H groups in total. The number of aliphatic hydroxyl groups excluding tert-OH is 1. The minimum atomic E-state index is -0.964. The van der Waals surface area contributed by atoms with E-state index in [4.69, 9.17) is 9.47 Å². The fourth-order valence-electron chi connectivity index (χ4n) is 8.62. The minimum absolute atomic E-state index is 0.173. The third-order valence-corrected chi connectivity index (χ3v) is 9.63. The van der Waals surface area contributed by atoms with Gasteiger partial charge in [-0.15, -0.1) is 0 Å². The average molecular weight is 380 g/mol. The maximum Gasteiger partial charge on any atom is 0.307 e. The van der Waals surface area contributed by atoms with E-state index in [-0.39, 0.29) is 23.2 Å². The number of ether oxygens (including phenoxy) is 2. The summed E-state index contributed by atoms with van der Waals surface area (Å²) in [5, 5.41) is 31.8. The Bertz CT molecular complexity index is 667. The summed E-state index contributed by atoms with van der Waals surface area (Å²) in [6, 6.07) is 0. The maximum absolute atomic E-state index is 11.9. The largest absolute Gasteiger partial charge is 0.481 e. The highest BCUT2D eigenvalue weighted by Gasteiger charge is 2.79. The van der Waals surface area contributed by atoms with Gasteiger partial charge in [0.2, 0.25) is 0 Å². The highest BCUT2D eigenvalue weighted by atomic mass is 16.7. The molecule has 5 aliphatic rings. The smallest absolute Gasteiger partial charge is 0.307 e. The number of carbonyl (C=O) groups is 1. The van der Waals surface area contributed by atoms with Gasteiger partial charge in [-0.05, 0) is 62.7 Å². The summed E-state index contributed by atoms with van der Waals surface area (Å²) >= 11 is 0. The van der Waals surface area contributed by atoms with Gasteiger partial charge in [-0.25, -0.2) is 0 Å². The lowest BCUT2D eigenvalue weighted by molar-refractivity contribution is -0.239. The Labute approximate surface area is 160 Å². The van der Waals surface area contributed by atoms with Crippen LogP contribution in [-0.2, 0) is 14.3 Å². The SMILES string of the molecule is COC1OC23CCC4(O)CC(O)CCC14C2CCC1(C)C(C(=O)O)CCC13. The molecule has 9 unspecified atom stereocenters. The van der Waals surface area contributed by atoms with Gasteiger partial charge >= 0.3 is 5.97 Å². The van der Waals surface area contributed by atoms with E-state index >= 15 is 0 Å². The first-order valence-corrected chi connectivity index (χ1v) is 10.6. The van der Waals surface area contributed by atoms with E-state index in [2.05, 4.69) is 6.92 Å². The van der Waals surface area contributed by atoms with Crippen LogP contribution in [0.15, 0.2) is 0 Å². The Morgan fingerprint density at radius 2 is 1.85 bits per heavy atom. The van der Waals surface area contributed by atoms with E-state index in [9.17, 15) is 20.1 Å². The van der Waals surface area contributed by atoms with E-state index in [1.807, 2.05) is 0 Å². The van der Waals surface area contributed by atoms with Gasteiger partial charge in [0, 0.05) is 19.4 Å². The molecular weight excluding hydrogens is 348 g/mol. The first-order chi connectivity index (χ1) is 12.7. The van der Waals surface area contributed by atoms with Crippen LogP contribution in [0.5, 0.6) is 0 Å². The van der Waals surface area contributed by atoms with Crippen LogP contribution in [-0.4, -0.2) is 52.0 Å². The molecule has 6 heteroatoms. The van der Waals surface area contributed by atoms with Crippen molar-refractivity contribution < 1.29 is 29.6 Å². The summed E-state index contributed by atoms with van der Waals surface area (Å²) in [7, 11) is 1.65. The van der Waals surface area contributed by atoms with E-state index < -0.39 is 35.0 Å². The van der Waals surface area contributed by atoms with Crippen molar-refractivity contribution in [3.05, 3.63) is 0 Å². The highest BCUT2D eigenvalue weighted by molar-refractivity contribution is 5.71. The first kappa shape index (κ1) is 18.3. The Balaban J connectivity index is 1.61. The molecule has 2 bridgehead atoms. The second-order valence-electron chi connectivity index (χ2n) is 10.2. The predicted octanol–water partition coefficient (Wildman–Crippen LogP) is 2.31. The standard InChI is InChI=1S/C21H32O6/c1-18-7-6-15-20-8-5-12(22)11-19(20,25)9-10-21(15,27-17(20)26-2)14(18)4-3-13(18)16(23)24/h12-15,17,22,25H,3-11H2,1-2H3,(H,23,24). The number of aliphatic hydroxyl groups is 2. The van der Waals surface area contributed by atoms with Crippen LogP contribution in [0.4, 0.5) is 0 Å². The zero-order valence-corrected chi connectivity index (χ0v) is 16.3. The highest BCUT2D eigenvalue weighted by Crippen LogP contribution is 2.75. The average Bonchev–Trinajstić information content (AvgIpc) is 3.07. The zero-order chi connectivity index (χ0) is 19.2. The van der Waals surface area contributed by atoms with Crippen molar-refractivity contribution in [1.29, 1.82) is 0 Å². The fourth-order valence-corrected chi connectivity index (χ4v) is 8.62. The van der Waals surface area contributed by atoms with Gasteiger partial charge < -0.3 is 24.8 Å². The second-order valence-corrected chi connectivity index (χ2v) is 10.2. The van der Waals surface area contributed by atoms with Gasteiger partial charge in [0.15, 0.2) is 6.29 Å². The lowest BCUT2D eigenvalue weighted by atomic mass is 9.42. The van der Waals surface area contributed by atoms with Crippen molar-refractivity contribution in [2.75, 3.05) is 7.11 Å². The molecule has 0 aromatic rings. The first-order valence-electron chi connectivity index (χ1n) is 10.6. The molecule has 0 radical (unpaired) electrons. The van der Waals surface area contributed by atoms with Crippen molar-refractivity contribution in [1.82, 2.24) is 0 Å². The zero-order valence-electron chi connectivity index (χ0n) is 16.3. The number of carboxylic acids is 1. The van der Waals surface area contributed by atoms with Crippen LogP contribution in [0.3, 0.4) is 0 Å². The Morgan fingerprint density at radius 1 is 1.07 bits per heavy atom. The molecule has 27 heavy (non-hydrogen) atoms. The number of methoxy groups -OCH3 is 1. The maximum atomic E-state index is 11.9. The van der Waals surface area contributed by atoms with Crippen molar-refractivity contribution in [3.63, 3.8) is 0 Å². The number of carboxylic acid groups (broad SMARTS) is 1. The van der Waals surface area contributed by atoms with Crippen LogP contribution in [0, 0.1) is 28.6 Å². The summed E-state index contributed by atoms with van der Waals surface area (Å²) < 4.78 is 12.6. The summed E-state index contributed by atoms with van der Waals surface area (Å²) in [5.41, 5.74) is -2.10. The quantitative estimate of drug-likeness (QED) is 0.680. The Morgan fingerprint density at radius 3 is 2.56 bits per heavy atom. The second kappa shape index (κ2) is 5.47. The van der Waals surface area contributed by atoms with Gasteiger partial charge in [-0.3, -0.25) is 4.79 Å². The molecule has 9 atom stereocenters. The molecule has 0 aromatic carbocycles. The molecule has 4 saturated carbocycles. The number of fused-ring (bicyclic) bond motifs is 1. The molecule has 1 aliphatic heterocycles. The number of hydrogen-bond acceptors (Lipinski definition) is 5.